The number of nitrogens with one attached hydrogen (secondary N) is 1. The lowest BCUT2D eigenvalue weighted by Gasteiger charge is -2.33. The maximum absolute atomic E-state index is 12.9. The summed E-state index contributed by atoms with van der Waals surface area (Å²) in [6, 6.07) is 4.31. The second kappa shape index (κ2) is 8.35. The molecule has 1 saturated heterocycles. The molecule has 0 radical (unpaired) electrons. The standard InChI is InChI=1S/C20H30N2O2S/c1-3-14(4-2)18(17-6-5-13-25-17)21-19(23)15-9-11-22(12-10-15)20(24)16-7-8-16/h5-6,13-16,18H,3-4,7-12H2,1-2H3,(H,21,23)/t18-/m0/s1. The summed E-state index contributed by atoms with van der Waals surface area (Å²) in [5.74, 6) is 1.28. The van der Waals surface area contributed by atoms with Crippen LogP contribution in [0.1, 0.15) is 63.3 Å². The van der Waals surface area contributed by atoms with Gasteiger partial charge >= 0.3 is 0 Å². The summed E-state index contributed by atoms with van der Waals surface area (Å²) in [6.45, 7) is 5.87. The van der Waals surface area contributed by atoms with E-state index in [0.29, 0.717) is 11.8 Å². The average Bonchev–Trinajstić information content (AvgIpc) is 3.35. The van der Waals surface area contributed by atoms with E-state index >= 15 is 0 Å². The number of piperidine rings is 1. The van der Waals surface area contributed by atoms with Gasteiger partial charge in [0, 0.05) is 29.8 Å². The van der Waals surface area contributed by atoms with Gasteiger partial charge in [0.1, 0.15) is 0 Å². The van der Waals surface area contributed by atoms with Crippen LogP contribution in [-0.4, -0.2) is 29.8 Å². The summed E-state index contributed by atoms with van der Waals surface area (Å²) in [7, 11) is 0. The average molecular weight is 363 g/mol. The van der Waals surface area contributed by atoms with Crippen molar-refractivity contribution < 1.29 is 9.59 Å². The van der Waals surface area contributed by atoms with Crippen LogP contribution in [0.2, 0.25) is 0 Å². The molecule has 0 bridgehead atoms. The van der Waals surface area contributed by atoms with E-state index in [2.05, 4.69) is 36.7 Å². The Morgan fingerprint density at radius 1 is 1.16 bits per heavy atom. The van der Waals surface area contributed by atoms with Gasteiger partial charge in [-0.25, -0.2) is 0 Å². The smallest absolute Gasteiger partial charge is 0.225 e. The number of carbonyl (C=O) groups excluding carboxylic acids is 2. The first kappa shape index (κ1) is 18.4. The minimum atomic E-state index is 0.0417. The largest absolute Gasteiger partial charge is 0.348 e. The molecule has 25 heavy (non-hydrogen) atoms. The Hall–Kier alpha value is -1.36. The van der Waals surface area contributed by atoms with Gasteiger partial charge in [-0.2, -0.15) is 0 Å². The van der Waals surface area contributed by atoms with E-state index in [9.17, 15) is 9.59 Å². The lowest BCUT2D eigenvalue weighted by atomic mass is 9.90. The number of likely N-dealkylation sites (tertiary alicyclic amines) is 1. The first-order valence-corrected chi connectivity index (χ1v) is 10.6. The topological polar surface area (TPSA) is 49.4 Å². The summed E-state index contributed by atoms with van der Waals surface area (Å²) in [5, 5.41) is 5.42. The summed E-state index contributed by atoms with van der Waals surface area (Å²) in [4.78, 5) is 28.2. The molecular formula is C20H30N2O2S. The Bertz CT molecular complexity index is 571. The Kier molecular flexibility index (Phi) is 6.15. The Labute approximate surface area is 155 Å². The van der Waals surface area contributed by atoms with Crippen LogP contribution in [0.25, 0.3) is 0 Å². The first-order chi connectivity index (χ1) is 12.1. The summed E-state index contributed by atoms with van der Waals surface area (Å²) in [5.41, 5.74) is 0. The highest BCUT2D eigenvalue weighted by molar-refractivity contribution is 7.10. The van der Waals surface area contributed by atoms with Crippen molar-refractivity contribution in [1.29, 1.82) is 0 Å². The fraction of sp³-hybridized carbons (Fsp3) is 0.700. The van der Waals surface area contributed by atoms with Gasteiger partial charge in [0.25, 0.3) is 0 Å². The second-order valence-electron chi connectivity index (χ2n) is 7.45. The zero-order valence-corrected chi connectivity index (χ0v) is 16.2. The minimum absolute atomic E-state index is 0.0417. The number of rotatable bonds is 7. The minimum Gasteiger partial charge on any atom is -0.348 e. The van der Waals surface area contributed by atoms with Crippen molar-refractivity contribution in [2.75, 3.05) is 13.1 Å². The molecule has 1 aliphatic heterocycles. The van der Waals surface area contributed by atoms with Crippen molar-refractivity contribution in [3.05, 3.63) is 22.4 Å². The highest BCUT2D eigenvalue weighted by Crippen LogP contribution is 2.33. The lowest BCUT2D eigenvalue weighted by molar-refractivity contribution is -0.137. The quantitative estimate of drug-likeness (QED) is 0.797. The third kappa shape index (κ3) is 4.43. The first-order valence-electron chi connectivity index (χ1n) is 9.76. The summed E-state index contributed by atoms with van der Waals surface area (Å²) < 4.78 is 0. The SMILES string of the molecule is CCC(CC)[C@H](NC(=O)C1CCN(C(=O)C2CC2)CC1)c1cccs1. The molecule has 1 atom stereocenters. The van der Waals surface area contributed by atoms with Gasteiger partial charge in [-0.15, -0.1) is 11.3 Å². The number of carbonyl (C=O) groups is 2. The Morgan fingerprint density at radius 2 is 1.84 bits per heavy atom. The van der Waals surface area contributed by atoms with Crippen molar-refractivity contribution in [1.82, 2.24) is 10.2 Å². The summed E-state index contributed by atoms with van der Waals surface area (Å²) in [6.07, 6.45) is 5.82. The fourth-order valence-corrected chi connectivity index (χ4v) is 4.74. The predicted octanol–water partition coefficient (Wildman–Crippen LogP) is 3.99. The van der Waals surface area contributed by atoms with E-state index in [1.165, 1.54) is 4.88 Å². The molecule has 1 aliphatic carbocycles. The van der Waals surface area contributed by atoms with Crippen LogP contribution in [0.15, 0.2) is 17.5 Å². The van der Waals surface area contributed by atoms with Gasteiger partial charge < -0.3 is 10.2 Å². The monoisotopic (exact) mass is 362 g/mol. The van der Waals surface area contributed by atoms with E-state index in [-0.39, 0.29) is 23.8 Å². The lowest BCUT2D eigenvalue weighted by Crippen LogP contribution is -2.44. The molecule has 2 heterocycles. The molecular weight excluding hydrogens is 332 g/mol. The van der Waals surface area contributed by atoms with E-state index in [1.807, 2.05) is 4.90 Å². The zero-order valence-electron chi connectivity index (χ0n) is 15.4. The molecule has 1 N–H and O–H groups in total. The second-order valence-corrected chi connectivity index (χ2v) is 8.43. The fourth-order valence-electron chi connectivity index (χ4n) is 3.87. The number of amides is 2. The maximum Gasteiger partial charge on any atom is 0.225 e. The highest BCUT2D eigenvalue weighted by Gasteiger charge is 2.36. The van der Waals surface area contributed by atoms with Gasteiger partial charge in [-0.05, 0) is 43.0 Å². The van der Waals surface area contributed by atoms with Gasteiger partial charge in [-0.3, -0.25) is 9.59 Å². The normalized spacial score (nSPS) is 19.9. The molecule has 4 nitrogen and oxygen atoms in total. The van der Waals surface area contributed by atoms with Gasteiger partial charge in [0.2, 0.25) is 11.8 Å². The summed E-state index contributed by atoms with van der Waals surface area (Å²) >= 11 is 1.73. The van der Waals surface area contributed by atoms with Crippen LogP contribution in [0.3, 0.4) is 0 Å². The number of thiophene rings is 1. The van der Waals surface area contributed by atoms with Gasteiger partial charge in [-0.1, -0.05) is 32.8 Å². The molecule has 2 aliphatic rings. The van der Waals surface area contributed by atoms with E-state index in [0.717, 1.165) is 51.6 Å². The van der Waals surface area contributed by atoms with Crippen molar-refractivity contribution in [3.63, 3.8) is 0 Å². The zero-order chi connectivity index (χ0) is 17.8. The predicted molar refractivity (Wildman–Crippen MR) is 101 cm³/mol. The van der Waals surface area contributed by atoms with Gasteiger partial charge in [0.15, 0.2) is 0 Å². The van der Waals surface area contributed by atoms with Crippen LogP contribution < -0.4 is 5.32 Å². The number of hydrogen-bond donors (Lipinski definition) is 1. The number of nitrogens with zero attached hydrogens (tertiary/aromatic N) is 1. The number of hydrogen-bond acceptors (Lipinski definition) is 3. The van der Waals surface area contributed by atoms with Crippen molar-refractivity contribution >= 4 is 23.2 Å². The molecule has 0 spiro atoms. The van der Waals surface area contributed by atoms with Crippen LogP contribution in [0, 0.1) is 17.8 Å². The van der Waals surface area contributed by atoms with Crippen molar-refractivity contribution in [2.45, 2.75) is 58.4 Å². The van der Waals surface area contributed by atoms with Crippen LogP contribution in [-0.2, 0) is 9.59 Å². The van der Waals surface area contributed by atoms with Crippen LogP contribution in [0.4, 0.5) is 0 Å². The maximum atomic E-state index is 12.9. The molecule has 2 fully saturated rings. The molecule has 3 rings (SSSR count). The molecule has 1 aromatic rings. The molecule has 0 aromatic carbocycles. The molecule has 5 heteroatoms. The van der Waals surface area contributed by atoms with E-state index < -0.39 is 0 Å². The van der Waals surface area contributed by atoms with Crippen molar-refractivity contribution in [2.24, 2.45) is 17.8 Å². The van der Waals surface area contributed by atoms with Crippen molar-refractivity contribution in [3.8, 4) is 0 Å². The van der Waals surface area contributed by atoms with E-state index in [1.54, 1.807) is 11.3 Å². The van der Waals surface area contributed by atoms with E-state index in [4.69, 9.17) is 0 Å². The molecule has 2 amide bonds. The third-order valence-electron chi connectivity index (χ3n) is 5.77. The molecule has 1 saturated carbocycles. The van der Waals surface area contributed by atoms with Gasteiger partial charge in [0.05, 0.1) is 6.04 Å². The Morgan fingerprint density at radius 3 is 2.36 bits per heavy atom. The molecule has 138 valence electrons. The molecule has 1 aromatic heterocycles. The highest BCUT2D eigenvalue weighted by atomic mass is 32.1. The Balaban J connectivity index is 1.57. The molecule has 0 unspecified atom stereocenters. The van der Waals surface area contributed by atoms with Crippen LogP contribution >= 0.6 is 11.3 Å². The van der Waals surface area contributed by atoms with Crippen LogP contribution in [0.5, 0.6) is 0 Å². The third-order valence-corrected chi connectivity index (χ3v) is 6.73.